The van der Waals surface area contributed by atoms with Gasteiger partial charge >= 0.3 is 0 Å². The molecule has 0 saturated carbocycles. The van der Waals surface area contributed by atoms with Crippen molar-refractivity contribution in [3.05, 3.63) is 33.3 Å². The van der Waals surface area contributed by atoms with E-state index in [1.807, 2.05) is 19.2 Å². The summed E-state index contributed by atoms with van der Waals surface area (Å²) in [6.45, 7) is 3.50. The van der Waals surface area contributed by atoms with Gasteiger partial charge in [0.05, 0.1) is 0 Å². The molecule has 1 aliphatic rings. The minimum Gasteiger partial charge on any atom is -0.396 e. The molecule has 0 radical (unpaired) electrons. The molecule has 1 saturated heterocycles. The van der Waals surface area contributed by atoms with Crippen molar-refractivity contribution < 1.29 is 5.11 Å². The lowest BCUT2D eigenvalue weighted by Crippen LogP contribution is -2.38. The first-order valence-electron chi connectivity index (χ1n) is 7.59. The van der Waals surface area contributed by atoms with Crippen LogP contribution < -0.4 is 5.32 Å². The number of hydrogen-bond acceptors (Lipinski definition) is 3. The average molecular weight is 376 g/mol. The molecule has 1 fully saturated rings. The average Bonchev–Trinajstić information content (AvgIpc) is 2.49. The van der Waals surface area contributed by atoms with Crippen molar-refractivity contribution in [2.45, 2.75) is 25.3 Å². The van der Waals surface area contributed by atoms with Gasteiger partial charge < -0.3 is 15.3 Å². The molecule has 0 amide bonds. The summed E-state index contributed by atoms with van der Waals surface area (Å²) in [6.07, 6.45) is 3.37. The number of benzene rings is 1. The highest BCUT2D eigenvalue weighted by Crippen LogP contribution is 2.28. The molecule has 1 aliphatic heterocycles. The number of aliphatic hydroxyl groups is 1. The Hall–Kier alpha value is -0.130. The number of piperidine rings is 1. The molecular formula is C16H24BrClN2O. The second-order valence-corrected chi connectivity index (χ2v) is 7.11. The van der Waals surface area contributed by atoms with E-state index >= 15 is 0 Å². The lowest BCUT2D eigenvalue weighted by atomic mass is 9.98. The van der Waals surface area contributed by atoms with Crippen molar-refractivity contribution in [2.24, 2.45) is 5.92 Å². The van der Waals surface area contributed by atoms with Crippen LogP contribution in [-0.2, 0) is 0 Å². The van der Waals surface area contributed by atoms with Crippen molar-refractivity contribution in [1.29, 1.82) is 0 Å². The van der Waals surface area contributed by atoms with Gasteiger partial charge in [0.15, 0.2) is 0 Å². The highest BCUT2D eigenvalue weighted by molar-refractivity contribution is 9.10. The van der Waals surface area contributed by atoms with Crippen molar-refractivity contribution in [2.75, 3.05) is 33.3 Å². The molecule has 1 aromatic carbocycles. The van der Waals surface area contributed by atoms with Crippen LogP contribution in [-0.4, -0.2) is 43.3 Å². The normalized spacial score (nSPS) is 21.4. The van der Waals surface area contributed by atoms with Crippen LogP contribution in [0.15, 0.2) is 22.7 Å². The number of halogens is 2. The molecule has 1 heterocycles. The van der Waals surface area contributed by atoms with Gasteiger partial charge in [0, 0.05) is 28.7 Å². The molecule has 21 heavy (non-hydrogen) atoms. The van der Waals surface area contributed by atoms with Crippen LogP contribution in [0.3, 0.4) is 0 Å². The number of nitrogens with zero attached hydrogens (tertiary/aromatic N) is 1. The van der Waals surface area contributed by atoms with E-state index in [2.05, 4.69) is 32.2 Å². The Morgan fingerprint density at radius 2 is 2.33 bits per heavy atom. The fourth-order valence-electron chi connectivity index (χ4n) is 3.05. The summed E-state index contributed by atoms with van der Waals surface area (Å²) in [7, 11) is 1.98. The van der Waals surface area contributed by atoms with Gasteiger partial charge in [0.25, 0.3) is 0 Å². The third-order valence-corrected chi connectivity index (χ3v) is 5.10. The molecular weight excluding hydrogens is 352 g/mol. The summed E-state index contributed by atoms with van der Waals surface area (Å²) in [5.74, 6) is 0.447. The first kappa shape index (κ1) is 17.2. The summed E-state index contributed by atoms with van der Waals surface area (Å²) in [6, 6.07) is 6.33. The number of hydrogen-bond donors (Lipinski definition) is 2. The van der Waals surface area contributed by atoms with Crippen LogP contribution in [0.25, 0.3) is 0 Å². The van der Waals surface area contributed by atoms with Crippen LogP contribution in [0.2, 0.25) is 5.02 Å². The van der Waals surface area contributed by atoms with Crippen LogP contribution in [0.4, 0.5) is 0 Å². The molecule has 1 aromatic rings. The van der Waals surface area contributed by atoms with Crippen molar-refractivity contribution in [3.63, 3.8) is 0 Å². The quantitative estimate of drug-likeness (QED) is 0.799. The lowest BCUT2D eigenvalue weighted by Gasteiger charge is -2.32. The minimum atomic E-state index is 0.264. The second kappa shape index (κ2) is 8.49. The standard InChI is InChI=1S/C16H24BrClN2O/c1-19-16(14-5-4-13(17)9-15(14)18)6-8-20-7-2-3-12(10-20)11-21/h4-5,9,12,16,19,21H,2-3,6-8,10-11H2,1H3. The Morgan fingerprint density at radius 3 is 3.00 bits per heavy atom. The summed E-state index contributed by atoms with van der Waals surface area (Å²) in [5.41, 5.74) is 1.15. The van der Waals surface area contributed by atoms with E-state index in [-0.39, 0.29) is 6.04 Å². The smallest absolute Gasteiger partial charge is 0.0471 e. The first-order chi connectivity index (χ1) is 10.1. The maximum atomic E-state index is 9.31. The van der Waals surface area contributed by atoms with Gasteiger partial charge in [-0.2, -0.15) is 0 Å². The van der Waals surface area contributed by atoms with Gasteiger partial charge in [-0.3, -0.25) is 0 Å². The Balaban J connectivity index is 1.93. The fourth-order valence-corrected chi connectivity index (χ4v) is 3.86. The molecule has 0 bridgehead atoms. The second-order valence-electron chi connectivity index (χ2n) is 5.79. The predicted octanol–water partition coefficient (Wildman–Crippen LogP) is 3.46. The largest absolute Gasteiger partial charge is 0.396 e. The zero-order chi connectivity index (χ0) is 15.2. The monoisotopic (exact) mass is 374 g/mol. The van der Waals surface area contributed by atoms with Crippen molar-refractivity contribution in [1.82, 2.24) is 10.2 Å². The summed E-state index contributed by atoms with van der Waals surface area (Å²) in [5, 5.41) is 13.5. The van der Waals surface area contributed by atoms with Crippen molar-refractivity contribution in [3.8, 4) is 0 Å². The van der Waals surface area contributed by atoms with E-state index in [0.717, 1.165) is 47.5 Å². The maximum absolute atomic E-state index is 9.31. The highest BCUT2D eigenvalue weighted by Gasteiger charge is 2.20. The zero-order valence-corrected chi connectivity index (χ0v) is 14.8. The van der Waals surface area contributed by atoms with Crippen LogP contribution in [0, 0.1) is 5.92 Å². The van der Waals surface area contributed by atoms with E-state index in [0.29, 0.717) is 12.5 Å². The van der Waals surface area contributed by atoms with Crippen LogP contribution >= 0.6 is 27.5 Å². The van der Waals surface area contributed by atoms with Gasteiger partial charge in [0.2, 0.25) is 0 Å². The van der Waals surface area contributed by atoms with Crippen LogP contribution in [0.1, 0.15) is 30.9 Å². The topological polar surface area (TPSA) is 35.5 Å². The van der Waals surface area contributed by atoms with E-state index in [4.69, 9.17) is 11.6 Å². The van der Waals surface area contributed by atoms with Gasteiger partial charge in [-0.1, -0.05) is 33.6 Å². The first-order valence-corrected chi connectivity index (χ1v) is 8.76. The molecule has 0 aromatic heterocycles. The molecule has 5 heteroatoms. The fraction of sp³-hybridized carbons (Fsp3) is 0.625. The molecule has 2 atom stereocenters. The number of likely N-dealkylation sites (tertiary alicyclic amines) is 1. The predicted molar refractivity (Wildman–Crippen MR) is 91.8 cm³/mol. The van der Waals surface area contributed by atoms with E-state index < -0.39 is 0 Å². The Morgan fingerprint density at radius 1 is 1.52 bits per heavy atom. The molecule has 0 aliphatic carbocycles. The third kappa shape index (κ3) is 4.93. The molecule has 118 valence electrons. The number of rotatable bonds is 6. The van der Waals surface area contributed by atoms with E-state index in [9.17, 15) is 5.11 Å². The summed E-state index contributed by atoms with van der Waals surface area (Å²) in [4.78, 5) is 2.46. The van der Waals surface area contributed by atoms with Crippen LogP contribution in [0.5, 0.6) is 0 Å². The Labute approximate surface area is 140 Å². The molecule has 2 unspecified atom stereocenters. The Bertz CT molecular complexity index is 458. The minimum absolute atomic E-state index is 0.264. The summed E-state index contributed by atoms with van der Waals surface area (Å²) >= 11 is 9.80. The molecule has 2 rings (SSSR count). The van der Waals surface area contributed by atoms with Gasteiger partial charge in [0.1, 0.15) is 0 Å². The third-order valence-electron chi connectivity index (χ3n) is 4.28. The Kier molecular flexibility index (Phi) is 6.96. The number of aliphatic hydroxyl groups excluding tert-OH is 1. The van der Waals surface area contributed by atoms with Gasteiger partial charge in [-0.05, 0) is 63.0 Å². The lowest BCUT2D eigenvalue weighted by molar-refractivity contribution is 0.117. The molecule has 0 spiro atoms. The van der Waals surface area contributed by atoms with Crippen molar-refractivity contribution >= 4 is 27.5 Å². The van der Waals surface area contributed by atoms with E-state index in [1.165, 1.54) is 6.42 Å². The SMILES string of the molecule is CNC(CCN1CCCC(CO)C1)c1ccc(Br)cc1Cl. The van der Waals surface area contributed by atoms with E-state index in [1.54, 1.807) is 0 Å². The summed E-state index contributed by atoms with van der Waals surface area (Å²) < 4.78 is 1.01. The van der Waals surface area contributed by atoms with Gasteiger partial charge in [-0.15, -0.1) is 0 Å². The highest BCUT2D eigenvalue weighted by atomic mass is 79.9. The number of nitrogens with one attached hydrogen (secondary N) is 1. The maximum Gasteiger partial charge on any atom is 0.0471 e. The molecule has 3 nitrogen and oxygen atoms in total. The zero-order valence-electron chi connectivity index (χ0n) is 12.5. The molecule has 2 N–H and O–H groups in total. The van der Waals surface area contributed by atoms with Gasteiger partial charge in [-0.25, -0.2) is 0 Å².